The highest BCUT2D eigenvalue weighted by Gasteiger charge is 2.25. The van der Waals surface area contributed by atoms with Crippen LogP contribution in [0.3, 0.4) is 0 Å². The summed E-state index contributed by atoms with van der Waals surface area (Å²) in [5.41, 5.74) is 0.242. The number of hydrogen-bond acceptors (Lipinski definition) is 1. The van der Waals surface area contributed by atoms with Crippen molar-refractivity contribution in [3.8, 4) is 0 Å². The van der Waals surface area contributed by atoms with Gasteiger partial charge in [0.05, 0.1) is 19.6 Å². The number of halogens is 2. The van der Waals surface area contributed by atoms with Crippen LogP contribution in [0, 0.1) is 17.6 Å². The average Bonchev–Trinajstić information content (AvgIpc) is 2.66. The van der Waals surface area contributed by atoms with Gasteiger partial charge in [-0.25, -0.2) is 13.6 Å². The second-order valence-electron chi connectivity index (χ2n) is 7.71. The zero-order valence-corrected chi connectivity index (χ0v) is 15.4. The minimum absolute atomic E-state index is 0.113. The molecule has 0 atom stereocenters. The highest BCUT2D eigenvalue weighted by Crippen LogP contribution is 2.20. The fraction of sp³-hybridized carbons (Fsp3) is 0.650. The van der Waals surface area contributed by atoms with E-state index < -0.39 is 11.6 Å². The highest BCUT2D eigenvalue weighted by atomic mass is 19.1. The third-order valence-electron chi connectivity index (χ3n) is 5.63. The normalized spacial score (nSPS) is 19.3. The number of rotatable bonds is 5. The lowest BCUT2D eigenvalue weighted by Gasteiger charge is -2.32. The highest BCUT2D eigenvalue weighted by molar-refractivity contribution is 5.74. The first-order valence-corrected chi connectivity index (χ1v) is 9.93. The van der Waals surface area contributed by atoms with E-state index in [1.54, 1.807) is 4.90 Å². The lowest BCUT2D eigenvalue weighted by atomic mass is 9.95. The molecule has 0 spiro atoms. The molecule has 3 N–H and O–H groups in total. The number of carbonyl (C=O) groups is 1. The van der Waals surface area contributed by atoms with E-state index in [1.165, 1.54) is 12.5 Å². The lowest BCUT2D eigenvalue weighted by molar-refractivity contribution is -0.664. The molecular formula is C20H30F2N3O+. The van der Waals surface area contributed by atoms with Gasteiger partial charge >= 0.3 is 6.03 Å². The zero-order chi connectivity index (χ0) is 18.4. The molecule has 26 heavy (non-hydrogen) atoms. The second kappa shape index (κ2) is 9.31. The third kappa shape index (κ3) is 5.40. The second-order valence-corrected chi connectivity index (χ2v) is 7.71. The van der Waals surface area contributed by atoms with Gasteiger partial charge < -0.3 is 15.5 Å². The first-order valence-electron chi connectivity index (χ1n) is 9.93. The third-order valence-corrected chi connectivity index (χ3v) is 5.63. The van der Waals surface area contributed by atoms with Crippen LogP contribution in [0.5, 0.6) is 0 Å². The van der Waals surface area contributed by atoms with E-state index in [0.717, 1.165) is 63.7 Å². The molecule has 3 rings (SSSR count). The minimum Gasteiger partial charge on any atom is -0.346 e. The molecule has 0 aromatic heterocycles. The van der Waals surface area contributed by atoms with E-state index >= 15 is 0 Å². The van der Waals surface area contributed by atoms with Crippen molar-refractivity contribution < 1.29 is 18.9 Å². The molecule has 1 heterocycles. The van der Waals surface area contributed by atoms with Gasteiger partial charge in [0.1, 0.15) is 11.6 Å². The Labute approximate surface area is 154 Å². The molecule has 1 saturated heterocycles. The molecule has 1 aliphatic carbocycles. The van der Waals surface area contributed by atoms with Gasteiger partial charge in [0.15, 0.2) is 0 Å². The Morgan fingerprint density at radius 2 is 1.85 bits per heavy atom. The Balaban J connectivity index is 1.69. The Hall–Kier alpha value is -1.69. The monoisotopic (exact) mass is 366 g/mol. The molecular weight excluding hydrogens is 336 g/mol. The largest absolute Gasteiger partial charge is 0.346 e. The van der Waals surface area contributed by atoms with Gasteiger partial charge in [-0.3, -0.25) is 0 Å². The van der Waals surface area contributed by atoms with Crippen LogP contribution in [0.2, 0.25) is 0 Å². The molecule has 0 radical (unpaired) electrons. The predicted octanol–water partition coefficient (Wildman–Crippen LogP) is 2.78. The maximum atomic E-state index is 14.1. The van der Waals surface area contributed by atoms with E-state index in [4.69, 9.17) is 0 Å². The average molecular weight is 366 g/mol. The summed E-state index contributed by atoms with van der Waals surface area (Å²) in [7, 11) is 0. The van der Waals surface area contributed by atoms with Crippen LogP contribution in [0.15, 0.2) is 18.2 Å². The van der Waals surface area contributed by atoms with Gasteiger partial charge in [-0.05, 0) is 37.0 Å². The smallest absolute Gasteiger partial charge is 0.317 e. The van der Waals surface area contributed by atoms with Crippen LogP contribution < -0.4 is 10.6 Å². The fourth-order valence-corrected chi connectivity index (χ4v) is 4.09. The van der Waals surface area contributed by atoms with Crippen LogP contribution in [0.25, 0.3) is 0 Å². The maximum Gasteiger partial charge on any atom is 0.317 e. The molecule has 0 bridgehead atoms. The van der Waals surface area contributed by atoms with Gasteiger partial charge in [0.25, 0.3) is 0 Å². The van der Waals surface area contributed by atoms with Crippen molar-refractivity contribution in [2.75, 3.05) is 19.6 Å². The van der Waals surface area contributed by atoms with Gasteiger partial charge in [0, 0.05) is 31.0 Å². The summed E-state index contributed by atoms with van der Waals surface area (Å²) < 4.78 is 27.6. The number of nitrogens with zero attached hydrogens (tertiary/aromatic N) is 1. The quantitative estimate of drug-likeness (QED) is 0.827. The minimum atomic E-state index is -0.471. The molecule has 4 nitrogen and oxygen atoms in total. The van der Waals surface area contributed by atoms with Gasteiger partial charge in [-0.1, -0.05) is 19.3 Å². The van der Waals surface area contributed by atoms with Crippen LogP contribution in [-0.2, 0) is 6.54 Å². The molecule has 1 aromatic rings. The van der Waals surface area contributed by atoms with Gasteiger partial charge in [-0.15, -0.1) is 0 Å². The molecule has 144 valence electrons. The van der Waals surface area contributed by atoms with Crippen molar-refractivity contribution in [3.05, 3.63) is 35.4 Å². The standard InChI is InChI=1S/C20H29F2N3O/c21-17-6-7-19(22)16(12-17)14-25(13-15-8-10-23-11-9-15)20(26)24-18-4-2-1-3-5-18/h6-7,12,15,18,23H,1-5,8-11,13-14H2,(H,24,26)/p+1. The number of benzene rings is 1. The van der Waals surface area contributed by atoms with Crippen molar-refractivity contribution >= 4 is 6.03 Å². The summed E-state index contributed by atoms with van der Waals surface area (Å²) >= 11 is 0. The van der Waals surface area contributed by atoms with Crippen molar-refractivity contribution in [1.82, 2.24) is 10.2 Å². The molecule has 2 fully saturated rings. The number of nitrogens with one attached hydrogen (secondary N) is 1. The van der Waals surface area contributed by atoms with Crippen LogP contribution in [0.1, 0.15) is 50.5 Å². The molecule has 2 amide bonds. The maximum absolute atomic E-state index is 14.1. The van der Waals surface area contributed by atoms with E-state index in [0.29, 0.717) is 12.5 Å². The van der Waals surface area contributed by atoms with Crippen LogP contribution >= 0.6 is 0 Å². The fourth-order valence-electron chi connectivity index (χ4n) is 4.09. The molecule has 1 aliphatic heterocycles. The number of carbonyl (C=O) groups excluding carboxylic acids is 1. The van der Waals surface area contributed by atoms with Crippen molar-refractivity contribution in [2.24, 2.45) is 5.92 Å². The first kappa shape index (κ1) is 19.1. The molecule has 2 aliphatic rings. The lowest BCUT2D eigenvalue weighted by Crippen LogP contribution is -2.86. The zero-order valence-electron chi connectivity index (χ0n) is 15.4. The summed E-state index contributed by atoms with van der Waals surface area (Å²) in [6.07, 6.45) is 7.63. The molecule has 6 heteroatoms. The van der Waals surface area contributed by atoms with E-state index in [9.17, 15) is 13.6 Å². The summed E-state index contributed by atoms with van der Waals surface area (Å²) in [6, 6.07) is 3.51. The number of nitrogens with two attached hydrogens (primary N) is 1. The summed E-state index contributed by atoms with van der Waals surface area (Å²) in [6.45, 7) is 2.85. The Bertz CT molecular complexity index is 599. The number of quaternary nitrogens is 1. The topological polar surface area (TPSA) is 49.0 Å². The van der Waals surface area contributed by atoms with Gasteiger partial charge in [-0.2, -0.15) is 0 Å². The number of urea groups is 1. The Morgan fingerprint density at radius 1 is 1.12 bits per heavy atom. The first-order chi connectivity index (χ1) is 12.6. The van der Waals surface area contributed by atoms with Gasteiger partial charge in [0.2, 0.25) is 0 Å². The molecule has 1 saturated carbocycles. The molecule has 0 unspecified atom stereocenters. The Morgan fingerprint density at radius 3 is 2.58 bits per heavy atom. The SMILES string of the molecule is O=C(NC1CCCCC1)N(Cc1cc(F)ccc1F)CC1CC[NH2+]CC1. The van der Waals surface area contributed by atoms with E-state index in [1.807, 2.05) is 0 Å². The van der Waals surface area contributed by atoms with E-state index in [2.05, 4.69) is 10.6 Å². The summed E-state index contributed by atoms with van der Waals surface area (Å²) in [5.74, 6) is -0.506. The van der Waals surface area contributed by atoms with Crippen molar-refractivity contribution in [3.63, 3.8) is 0 Å². The van der Waals surface area contributed by atoms with Crippen LogP contribution in [0.4, 0.5) is 13.6 Å². The predicted molar refractivity (Wildman–Crippen MR) is 96.6 cm³/mol. The van der Waals surface area contributed by atoms with Crippen LogP contribution in [-0.4, -0.2) is 36.6 Å². The van der Waals surface area contributed by atoms with Crippen molar-refractivity contribution in [1.29, 1.82) is 0 Å². The summed E-state index contributed by atoms with van der Waals surface area (Å²) in [4.78, 5) is 14.6. The molecule has 1 aromatic carbocycles. The van der Waals surface area contributed by atoms with E-state index in [-0.39, 0.29) is 24.2 Å². The summed E-state index contributed by atoms with van der Waals surface area (Å²) in [5, 5.41) is 5.41. The number of hydrogen-bond donors (Lipinski definition) is 2. The Kier molecular flexibility index (Phi) is 6.83. The van der Waals surface area contributed by atoms with Crippen molar-refractivity contribution in [2.45, 2.75) is 57.5 Å². The number of amides is 2. The number of piperidine rings is 1.